The summed E-state index contributed by atoms with van der Waals surface area (Å²) < 4.78 is 1.97. The smallest absolute Gasteiger partial charge is 0.261 e. The van der Waals surface area contributed by atoms with Gasteiger partial charge in [-0.2, -0.15) is 0 Å². The molecule has 0 saturated carbocycles. The van der Waals surface area contributed by atoms with Crippen LogP contribution in [0.3, 0.4) is 0 Å². The average molecular weight is 683 g/mol. The molecule has 1 N–H and O–H groups in total. The lowest BCUT2D eigenvalue weighted by Gasteiger charge is -2.28. The lowest BCUT2D eigenvalue weighted by atomic mass is 9.87. The number of carbonyl (C=O) groups is 2. The third kappa shape index (κ3) is 6.73. The first-order valence-corrected chi connectivity index (χ1v) is 17.2. The molecule has 2 aromatic rings. The summed E-state index contributed by atoms with van der Waals surface area (Å²) in [6, 6.07) is 7.95. The summed E-state index contributed by atoms with van der Waals surface area (Å²) in [6.45, 7) is 7.46. The maximum atomic E-state index is 14.1. The van der Waals surface area contributed by atoms with Crippen molar-refractivity contribution in [3.63, 3.8) is 0 Å². The number of fused-ring (bicyclic) bond motifs is 1. The topological polar surface area (TPSA) is 49.4 Å². The molecule has 4 heterocycles. The first-order chi connectivity index (χ1) is 18.4. The minimum Gasteiger partial charge on any atom is -0.320 e. The molecular formula is C30H38Br2N2O2S2. The molecule has 0 aliphatic carbocycles. The number of halogens is 2. The number of unbranched alkanes of at least 4 members (excludes halogenated alkanes) is 2. The van der Waals surface area contributed by atoms with Gasteiger partial charge in [-0.25, -0.2) is 0 Å². The fraction of sp³-hybridized carbons (Fsp3) is 0.533. The van der Waals surface area contributed by atoms with E-state index >= 15 is 0 Å². The largest absolute Gasteiger partial charge is 0.320 e. The monoisotopic (exact) mass is 680 g/mol. The van der Waals surface area contributed by atoms with Crippen LogP contribution in [0.1, 0.15) is 94.7 Å². The van der Waals surface area contributed by atoms with Crippen LogP contribution in [0.25, 0.3) is 11.4 Å². The quantitative estimate of drug-likeness (QED) is 0.204. The molecule has 38 heavy (non-hydrogen) atoms. The zero-order valence-corrected chi connectivity index (χ0v) is 27.4. The van der Waals surface area contributed by atoms with Crippen LogP contribution in [0, 0.1) is 11.8 Å². The van der Waals surface area contributed by atoms with Gasteiger partial charge in [0.1, 0.15) is 0 Å². The molecule has 0 saturated heterocycles. The highest BCUT2D eigenvalue weighted by Crippen LogP contribution is 2.46. The molecule has 2 atom stereocenters. The zero-order chi connectivity index (χ0) is 27.2. The second kappa shape index (κ2) is 13.9. The van der Waals surface area contributed by atoms with Gasteiger partial charge in [0.05, 0.1) is 39.9 Å². The van der Waals surface area contributed by atoms with Gasteiger partial charge in [-0.05, 0) is 80.8 Å². The molecule has 2 aliphatic heterocycles. The summed E-state index contributed by atoms with van der Waals surface area (Å²) in [4.78, 5) is 31.3. The summed E-state index contributed by atoms with van der Waals surface area (Å²) >= 11 is 10.2. The lowest BCUT2D eigenvalue weighted by molar-refractivity contribution is -0.123. The van der Waals surface area contributed by atoms with Crippen LogP contribution < -0.4 is 5.32 Å². The maximum absolute atomic E-state index is 14.1. The van der Waals surface area contributed by atoms with Crippen LogP contribution in [-0.4, -0.2) is 23.3 Å². The van der Waals surface area contributed by atoms with Crippen LogP contribution >= 0.6 is 54.5 Å². The van der Waals surface area contributed by atoms with Gasteiger partial charge < -0.3 is 10.2 Å². The first-order valence-electron chi connectivity index (χ1n) is 14.0. The molecule has 2 aliphatic rings. The standard InChI is InChI=1S/C30H38Br2N2O2S2/c1-4-7-10-19(9-6-3)12-13-20(11-8-5-2)18-34-28(22-15-17-24(32)38-22)26-25(30(34)36)27(33-29(26)35)21-14-16-23(31)37-21/h14-17,19-20H,4-13,18H2,1-3H3,(H,33,35). The number of nitrogens with one attached hydrogen (secondary N) is 1. The highest BCUT2D eigenvalue weighted by Gasteiger charge is 2.46. The van der Waals surface area contributed by atoms with Crippen molar-refractivity contribution >= 4 is 77.7 Å². The minimum atomic E-state index is -0.178. The Kier molecular flexibility index (Phi) is 10.9. The molecule has 0 bridgehead atoms. The Hall–Kier alpha value is -1.22. The number of hydrogen-bond donors (Lipinski definition) is 1. The summed E-state index contributed by atoms with van der Waals surface area (Å²) in [6.07, 6.45) is 12.1. The van der Waals surface area contributed by atoms with Crippen molar-refractivity contribution < 1.29 is 9.59 Å². The fourth-order valence-corrected chi connectivity index (χ4v) is 8.52. The van der Waals surface area contributed by atoms with Gasteiger partial charge in [0.25, 0.3) is 11.8 Å². The molecule has 0 spiro atoms. The minimum absolute atomic E-state index is 0.0463. The molecule has 0 aromatic carbocycles. The van der Waals surface area contributed by atoms with Crippen LogP contribution in [0.4, 0.5) is 0 Å². The van der Waals surface area contributed by atoms with Gasteiger partial charge in [-0.1, -0.05) is 72.1 Å². The number of nitrogens with zero attached hydrogens (tertiary/aromatic N) is 1. The predicted octanol–water partition coefficient (Wildman–Crippen LogP) is 9.62. The summed E-state index contributed by atoms with van der Waals surface area (Å²) in [5.41, 5.74) is 2.49. The van der Waals surface area contributed by atoms with Gasteiger partial charge >= 0.3 is 0 Å². The first kappa shape index (κ1) is 29.8. The van der Waals surface area contributed by atoms with E-state index in [1.54, 1.807) is 11.3 Å². The number of carbonyl (C=O) groups excluding carboxylic acids is 2. The highest BCUT2D eigenvalue weighted by atomic mass is 79.9. The van der Waals surface area contributed by atoms with E-state index < -0.39 is 0 Å². The second-order valence-electron chi connectivity index (χ2n) is 10.4. The highest BCUT2D eigenvalue weighted by molar-refractivity contribution is 9.11. The summed E-state index contributed by atoms with van der Waals surface area (Å²) in [7, 11) is 0. The Morgan fingerprint density at radius 2 is 1.37 bits per heavy atom. The van der Waals surface area contributed by atoms with E-state index in [4.69, 9.17) is 0 Å². The molecule has 2 aromatic heterocycles. The Morgan fingerprint density at radius 3 is 1.95 bits per heavy atom. The van der Waals surface area contributed by atoms with E-state index in [1.165, 1.54) is 49.9 Å². The normalized spacial score (nSPS) is 17.0. The average Bonchev–Trinajstić information content (AvgIpc) is 3.66. The van der Waals surface area contributed by atoms with E-state index in [1.807, 2.05) is 29.2 Å². The van der Waals surface area contributed by atoms with Crippen molar-refractivity contribution in [3.8, 4) is 0 Å². The van der Waals surface area contributed by atoms with E-state index in [2.05, 4.69) is 57.9 Å². The molecule has 0 radical (unpaired) electrons. The molecular weight excluding hydrogens is 644 g/mol. The van der Waals surface area contributed by atoms with Gasteiger partial charge in [0.15, 0.2) is 0 Å². The third-order valence-electron chi connectivity index (χ3n) is 7.61. The van der Waals surface area contributed by atoms with E-state index in [0.717, 1.165) is 54.6 Å². The van der Waals surface area contributed by atoms with Crippen molar-refractivity contribution in [3.05, 3.63) is 52.7 Å². The van der Waals surface area contributed by atoms with Crippen LogP contribution in [0.5, 0.6) is 0 Å². The van der Waals surface area contributed by atoms with E-state index in [9.17, 15) is 9.59 Å². The van der Waals surface area contributed by atoms with Gasteiger partial charge in [-0.15, -0.1) is 22.7 Å². The lowest BCUT2D eigenvalue weighted by Crippen LogP contribution is -2.32. The van der Waals surface area contributed by atoms with Crippen LogP contribution in [0.2, 0.25) is 0 Å². The second-order valence-corrected chi connectivity index (χ2v) is 15.4. The van der Waals surface area contributed by atoms with Gasteiger partial charge in [-0.3, -0.25) is 9.59 Å². The van der Waals surface area contributed by atoms with Crippen molar-refractivity contribution in [2.45, 2.75) is 85.0 Å². The zero-order valence-electron chi connectivity index (χ0n) is 22.6. The Bertz CT molecular complexity index is 1210. The predicted molar refractivity (Wildman–Crippen MR) is 168 cm³/mol. The fourth-order valence-electron chi connectivity index (χ4n) is 5.68. The number of hydrogen-bond acceptors (Lipinski definition) is 4. The van der Waals surface area contributed by atoms with Gasteiger partial charge in [0.2, 0.25) is 0 Å². The van der Waals surface area contributed by atoms with E-state index in [0.29, 0.717) is 29.3 Å². The van der Waals surface area contributed by atoms with Crippen LogP contribution in [0.15, 0.2) is 43.0 Å². The Balaban J connectivity index is 1.67. The molecule has 8 heteroatoms. The van der Waals surface area contributed by atoms with Gasteiger partial charge in [0, 0.05) is 6.54 Å². The van der Waals surface area contributed by atoms with E-state index in [-0.39, 0.29) is 11.8 Å². The Morgan fingerprint density at radius 1 is 0.763 bits per heavy atom. The van der Waals surface area contributed by atoms with Crippen molar-refractivity contribution in [1.82, 2.24) is 10.2 Å². The number of rotatable bonds is 15. The van der Waals surface area contributed by atoms with Crippen molar-refractivity contribution in [2.24, 2.45) is 11.8 Å². The summed E-state index contributed by atoms with van der Waals surface area (Å²) in [5, 5.41) is 3.02. The van der Waals surface area contributed by atoms with Crippen molar-refractivity contribution in [1.29, 1.82) is 0 Å². The molecule has 4 rings (SSSR count). The number of thiophene rings is 2. The SMILES string of the molecule is CCCCC(CCC)CCC(CCCC)CN1C(=O)C2=C(c3ccc(Br)s3)NC(=O)C2=C1c1ccc(Br)s1. The van der Waals surface area contributed by atoms with Crippen LogP contribution in [-0.2, 0) is 9.59 Å². The number of amides is 2. The molecule has 206 valence electrons. The summed E-state index contributed by atoms with van der Waals surface area (Å²) in [5.74, 6) is 0.958. The maximum Gasteiger partial charge on any atom is 0.261 e. The Labute approximate surface area is 252 Å². The molecule has 2 amide bonds. The molecule has 4 nitrogen and oxygen atoms in total. The molecule has 2 unspecified atom stereocenters. The third-order valence-corrected chi connectivity index (χ3v) is 10.9. The van der Waals surface area contributed by atoms with Crippen molar-refractivity contribution in [2.75, 3.05) is 6.54 Å². The molecule has 0 fully saturated rings.